The number of ether oxygens (including phenoxy) is 3. The molecule has 8 heteroatoms. The molecule has 0 rings (SSSR count). The second-order valence-corrected chi connectivity index (χ2v) is 18.4. The summed E-state index contributed by atoms with van der Waals surface area (Å²) in [5.41, 5.74) is 0. The lowest BCUT2D eigenvalue weighted by Crippen LogP contribution is -2.55. The third-order valence-electron chi connectivity index (χ3n) is 11.7. The number of hydrogen-bond acceptors (Lipinski definition) is 7. The minimum Gasteiger partial charge on any atom is -0.544 e. The summed E-state index contributed by atoms with van der Waals surface area (Å²) >= 11 is 0. The summed E-state index contributed by atoms with van der Waals surface area (Å²) in [5, 5.41) is 11.6. The monoisotopic (exact) mass is 836 g/mol. The molecule has 59 heavy (non-hydrogen) atoms. The molecule has 0 fully saturated rings. The van der Waals surface area contributed by atoms with Crippen molar-refractivity contribution in [3.8, 4) is 0 Å². The zero-order valence-electron chi connectivity index (χ0n) is 39.7. The maximum Gasteiger partial charge on any atom is 0.306 e. The molecule has 0 spiro atoms. The summed E-state index contributed by atoms with van der Waals surface area (Å²) in [6.45, 7) is 4.68. The van der Waals surface area contributed by atoms with E-state index in [2.05, 4.69) is 26.0 Å². The molecule has 0 aromatic rings. The van der Waals surface area contributed by atoms with Crippen molar-refractivity contribution in [3.05, 3.63) is 12.2 Å². The van der Waals surface area contributed by atoms with Crippen LogP contribution in [0.1, 0.15) is 245 Å². The predicted molar refractivity (Wildman–Crippen MR) is 245 cm³/mol. The summed E-state index contributed by atoms with van der Waals surface area (Å²) in [4.78, 5) is 36.9. The molecular weight excluding hydrogens is 739 g/mol. The van der Waals surface area contributed by atoms with Crippen LogP contribution in [-0.2, 0) is 28.6 Å². The molecule has 2 atom stereocenters. The number of carboxylic acid groups (broad SMARTS) is 1. The van der Waals surface area contributed by atoms with Crippen LogP contribution in [0.3, 0.4) is 0 Å². The molecule has 0 saturated carbocycles. The second kappa shape index (κ2) is 42.7. The van der Waals surface area contributed by atoms with Gasteiger partial charge in [-0.1, -0.05) is 199 Å². The van der Waals surface area contributed by atoms with Crippen molar-refractivity contribution < 1.29 is 38.2 Å². The standard InChI is InChI=1S/C51H97NO7/c1-6-8-10-12-14-16-18-20-21-22-23-24-25-26-27-28-30-32-34-36-38-40-42-50(54)59-47(45-57-44-43-48(51(55)56)52(3,4)5)46-58-49(53)41-39-37-35-33-31-29-19-17-15-13-11-9-7-2/h29,31,47-48H,6-28,30,32-46H2,1-5H3/b31-29+. The molecule has 8 nitrogen and oxygen atoms in total. The van der Waals surface area contributed by atoms with Gasteiger partial charge >= 0.3 is 11.9 Å². The summed E-state index contributed by atoms with van der Waals surface area (Å²) in [5.74, 6) is -1.74. The fraction of sp³-hybridized carbons (Fsp3) is 0.902. The molecule has 0 aliphatic heterocycles. The van der Waals surface area contributed by atoms with Crippen molar-refractivity contribution in [2.45, 2.75) is 257 Å². The van der Waals surface area contributed by atoms with E-state index in [4.69, 9.17) is 14.2 Å². The molecule has 348 valence electrons. The number of carboxylic acids is 1. The van der Waals surface area contributed by atoms with Crippen molar-refractivity contribution in [1.29, 1.82) is 0 Å². The van der Waals surface area contributed by atoms with Gasteiger partial charge in [0, 0.05) is 19.3 Å². The quantitative estimate of drug-likeness (QED) is 0.0260. The van der Waals surface area contributed by atoms with E-state index in [-0.39, 0.29) is 42.7 Å². The smallest absolute Gasteiger partial charge is 0.306 e. The van der Waals surface area contributed by atoms with Gasteiger partial charge in [-0.2, -0.15) is 0 Å². The first-order valence-corrected chi connectivity index (χ1v) is 25.2. The van der Waals surface area contributed by atoms with Gasteiger partial charge in [0.2, 0.25) is 0 Å². The molecule has 0 heterocycles. The summed E-state index contributed by atoms with van der Waals surface area (Å²) in [6, 6.07) is -0.724. The maximum absolute atomic E-state index is 12.8. The molecule has 0 saturated heterocycles. The molecule has 0 radical (unpaired) electrons. The van der Waals surface area contributed by atoms with Crippen molar-refractivity contribution in [1.82, 2.24) is 0 Å². The Morgan fingerprint density at radius 1 is 0.492 bits per heavy atom. The van der Waals surface area contributed by atoms with E-state index in [9.17, 15) is 19.5 Å². The number of hydrogen-bond donors (Lipinski definition) is 0. The number of carbonyl (C=O) groups is 3. The van der Waals surface area contributed by atoms with E-state index in [1.807, 2.05) is 0 Å². The average Bonchev–Trinajstić information content (AvgIpc) is 3.19. The third-order valence-corrected chi connectivity index (χ3v) is 11.7. The van der Waals surface area contributed by atoms with Crippen molar-refractivity contribution >= 4 is 17.9 Å². The Bertz CT molecular complexity index is 978. The number of likely N-dealkylation sites (N-methyl/N-ethyl adjacent to an activating group) is 1. The third kappa shape index (κ3) is 41.2. The molecule has 0 aromatic heterocycles. The van der Waals surface area contributed by atoms with Crippen LogP contribution in [-0.4, -0.2) is 75.5 Å². The zero-order valence-corrected chi connectivity index (χ0v) is 39.7. The van der Waals surface area contributed by atoms with Gasteiger partial charge in [-0.3, -0.25) is 9.59 Å². The molecule has 2 unspecified atom stereocenters. The number of unbranched alkanes of at least 4 members (excludes halogenated alkanes) is 30. The Labute approximate surface area is 365 Å². The number of carbonyl (C=O) groups excluding carboxylic acids is 3. The number of nitrogens with zero attached hydrogens (tertiary/aromatic N) is 1. The van der Waals surface area contributed by atoms with Gasteiger partial charge in [-0.05, 0) is 38.5 Å². The molecule has 0 bridgehead atoms. The molecule has 0 amide bonds. The van der Waals surface area contributed by atoms with Crippen LogP contribution < -0.4 is 5.11 Å². The molecule has 0 N–H and O–H groups in total. The molecule has 0 aliphatic rings. The van der Waals surface area contributed by atoms with E-state index in [1.165, 1.54) is 161 Å². The average molecular weight is 836 g/mol. The number of aliphatic carboxylic acids is 1. The van der Waals surface area contributed by atoms with E-state index in [1.54, 1.807) is 21.1 Å². The van der Waals surface area contributed by atoms with Crippen LogP contribution in [0.25, 0.3) is 0 Å². The highest BCUT2D eigenvalue weighted by Gasteiger charge is 2.25. The zero-order chi connectivity index (χ0) is 43.5. The van der Waals surface area contributed by atoms with Crippen molar-refractivity contribution in [2.75, 3.05) is 41.0 Å². The summed E-state index contributed by atoms with van der Waals surface area (Å²) in [6.07, 6.45) is 46.7. The number of rotatable bonds is 46. The van der Waals surface area contributed by atoms with E-state index >= 15 is 0 Å². The lowest BCUT2D eigenvalue weighted by Gasteiger charge is -2.34. The fourth-order valence-corrected chi connectivity index (χ4v) is 7.71. The van der Waals surface area contributed by atoms with Gasteiger partial charge in [0.05, 0.1) is 40.3 Å². The largest absolute Gasteiger partial charge is 0.544 e. The van der Waals surface area contributed by atoms with Gasteiger partial charge in [-0.15, -0.1) is 0 Å². The lowest BCUT2D eigenvalue weighted by molar-refractivity contribution is -0.889. The Balaban J connectivity index is 4.18. The van der Waals surface area contributed by atoms with E-state index < -0.39 is 18.1 Å². The number of allylic oxidation sites excluding steroid dienone is 2. The first-order chi connectivity index (χ1) is 28.6. The van der Waals surface area contributed by atoms with Gasteiger partial charge in [0.25, 0.3) is 0 Å². The highest BCUT2D eigenvalue weighted by Crippen LogP contribution is 2.16. The van der Waals surface area contributed by atoms with E-state index in [0.717, 1.165) is 51.4 Å². The number of esters is 2. The minimum absolute atomic E-state index is 0.0420. The topological polar surface area (TPSA) is 102 Å². The first kappa shape index (κ1) is 57.1. The Hall–Kier alpha value is -1.93. The first-order valence-electron chi connectivity index (χ1n) is 25.2. The Morgan fingerprint density at radius 3 is 1.24 bits per heavy atom. The molecule has 0 aromatic carbocycles. The predicted octanol–water partition coefficient (Wildman–Crippen LogP) is 12.9. The van der Waals surface area contributed by atoms with E-state index in [0.29, 0.717) is 12.8 Å². The van der Waals surface area contributed by atoms with Crippen molar-refractivity contribution in [3.63, 3.8) is 0 Å². The molecule has 0 aliphatic carbocycles. The summed E-state index contributed by atoms with van der Waals surface area (Å²) < 4.78 is 17.2. The van der Waals surface area contributed by atoms with Gasteiger partial charge < -0.3 is 28.6 Å². The van der Waals surface area contributed by atoms with Crippen LogP contribution in [0.4, 0.5) is 0 Å². The lowest BCUT2D eigenvalue weighted by atomic mass is 10.0. The fourth-order valence-electron chi connectivity index (χ4n) is 7.71. The molecular formula is C51H97NO7. The van der Waals surface area contributed by atoms with Gasteiger partial charge in [0.1, 0.15) is 12.6 Å². The van der Waals surface area contributed by atoms with Gasteiger partial charge in [0.15, 0.2) is 6.10 Å². The highest BCUT2D eigenvalue weighted by atomic mass is 16.6. The van der Waals surface area contributed by atoms with Crippen LogP contribution >= 0.6 is 0 Å². The summed E-state index contributed by atoms with van der Waals surface area (Å²) in [7, 11) is 5.42. The SMILES string of the molecule is CCCCCCCC/C=C/CCCCCC(=O)OCC(COCCC(C(=O)[O-])[N+](C)(C)C)OC(=O)CCCCCCCCCCCCCCCCCCCCCCCC. The number of quaternary nitrogens is 1. The van der Waals surface area contributed by atoms with Crippen molar-refractivity contribution in [2.24, 2.45) is 0 Å². The normalized spacial score (nSPS) is 12.9. The highest BCUT2D eigenvalue weighted by molar-refractivity contribution is 5.70. The Kier molecular flexibility index (Phi) is 41.3. The van der Waals surface area contributed by atoms with Crippen LogP contribution in [0.5, 0.6) is 0 Å². The van der Waals surface area contributed by atoms with Crippen LogP contribution in [0.2, 0.25) is 0 Å². The minimum atomic E-state index is -1.12. The van der Waals surface area contributed by atoms with Gasteiger partial charge in [-0.25, -0.2) is 0 Å². The van der Waals surface area contributed by atoms with Crippen LogP contribution in [0, 0.1) is 0 Å². The second-order valence-electron chi connectivity index (χ2n) is 18.4. The van der Waals surface area contributed by atoms with Crippen LogP contribution in [0.15, 0.2) is 12.2 Å². The Morgan fingerprint density at radius 2 is 0.847 bits per heavy atom. The maximum atomic E-state index is 12.8.